The number of aliphatic hydroxyl groups is 2. The maximum atomic E-state index is 14.0. The summed E-state index contributed by atoms with van der Waals surface area (Å²) in [5.41, 5.74) is 6.57. The van der Waals surface area contributed by atoms with Crippen LogP contribution < -0.4 is 16.4 Å². The number of hydrogen-bond donors (Lipinski definition) is 5. The van der Waals surface area contributed by atoms with Gasteiger partial charge < -0.3 is 26.6 Å². The second-order valence-electron chi connectivity index (χ2n) is 5.74. The molecule has 0 saturated heterocycles. The van der Waals surface area contributed by atoms with Crippen molar-refractivity contribution in [3.05, 3.63) is 30.1 Å². The van der Waals surface area contributed by atoms with Crippen LogP contribution >= 0.6 is 0 Å². The van der Waals surface area contributed by atoms with Crippen LogP contribution in [0.5, 0.6) is 0 Å². The van der Waals surface area contributed by atoms with Gasteiger partial charge in [0.1, 0.15) is 12.0 Å². The van der Waals surface area contributed by atoms with Crippen LogP contribution in [0.2, 0.25) is 0 Å². The molecule has 0 radical (unpaired) electrons. The third-order valence-electron chi connectivity index (χ3n) is 3.30. The number of anilines is 3. The summed E-state index contributed by atoms with van der Waals surface area (Å²) < 4.78 is 14.0. The van der Waals surface area contributed by atoms with Crippen LogP contribution in [0, 0.1) is 0 Å². The molecule has 0 bridgehead atoms. The third-order valence-corrected chi connectivity index (χ3v) is 3.30. The lowest BCUT2D eigenvalue weighted by atomic mass is 10.1. The van der Waals surface area contributed by atoms with Gasteiger partial charge in [0.2, 0.25) is 11.9 Å². The molecule has 0 amide bonds. The standard InChI is InChI=1S/C16H22FN7O2/c1-8(7-25)21-16-23-14(22-15(24-16)20-5-9(2)26)12-6-19-13(18)4-11(12)10(3)17/h4,6,9-10,25-26H,1,5,7H2,2-3H3,(H2,18,19)(H2,20,21,22,23,24)/t9-,10?/m0/s1. The summed E-state index contributed by atoms with van der Waals surface area (Å²) in [4.78, 5) is 16.6. The van der Waals surface area contributed by atoms with Crippen molar-refractivity contribution in [3.8, 4) is 11.4 Å². The van der Waals surface area contributed by atoms with E-state index in [-0.39, 0.29) is 48.0 Å². The Labute approximate surface area is 150 Å². The Kier molecular flexibility index (Phi) is 6.36. The first-order valence-electron chi connectivity index (χ1n) is 7.93. The van der Waals surface area contributed by atoms with Crippen molar-refractivity contribution >= 4 is 17.7 Å². The summed E-state index contributed by atoms with van der Waals surface area (Å²) in [7, 11) is 0. The molecule has 2 aromatic heterocycles. The van der Waals surface area contributed by atoms with E-state index in [1.165, 1.54) is 19.2 Å². The maximum Gasteiger partial charge on any atom is 0.232 e. The van der Waals surface area contributed by atoms with Gasteiger partial charge in [0, 0.05) is 29.6 Å². The fourth-order valence-corrected chi connectivity index (χ4v) is 2.07. The fourth-order valence-electron chi connectivity index (χ4n) is 2.07. The molecule has 140 valence electrons. The molecule has 9 nitrogen and oxygen atoms in total. The first-order valence-corrected chi connectivity index (χ1v) is 7.93. The minimum Gasteiger partial charge on any atom is -0.392 e. The molecule has 0 fully saturated rings. The number of nitrogens with two attached hydrogens (primary N) is 1. The molecule has 0 aliphatic rings. The van der Waals surface area contributed by atoms with Crippen LogP contribution in [0.25, 0.3) is 11.4 Å². The van der Waals surface area contributed by atoms with Gasteiger partial charge in [-0.2, -0.15) is 15.0 Å². The molecule has 2 heterocycles. The van der Waals surface area contributed by atoms with Crippen LogP contribution in [-0.4, -0.2) is 49.4 Å². The summed E-state index contributed by atoms with van der Waals surface area (Å²) in [5, 5.41) is 24.2. The van der Waals surface area contributed by atoms with Gasteiger partial charge in [-0.05, 0) is 19.9 Å². The van der Waals surface area contributed by atoms with E-state index in [0.29, 0.717) is 5.56 Å². The molecular weight excluding hydrogens is 341 g/mol. The Morgan fingerprint density at radius 1 is 1.31 bits per heavy atom. The lowest BCUT2D eigenvalue weighted by Crippen LogP contribution is -2.18. The molecule has 2 aromatic rings. The first kappa shape index (κ1) is 19.5. The zero-order valence-electron chi connectivity index (χ0n) is 14.6. The Morgan fingerprint density at radius 2 is 2.00 bits per heavy atom. The number of nitrogens with one attached hydrogen (secondary N) is 2. The lowest BCUT2D eigenvalue weighted by molar-refractivity contribution is 0.208. The van der Waals surface area contributed by atoms with Crippen molar-refractivity contribution < 1.29 is 14.6 Å². The van der Waals surface area contributed by atoms with E-state index in [1.807, 2.05) is 0 Å². The number of nitrogens with zero attached hydrogens (tertiary/aromatic N) is 4. The number of pyridine rings is 1. The Hall–Kier alpha value is -2.85. The van der Waals surface area contributed by atoms with E-state index >= 15 is 0 Å². The van der Waals surface area contributed by atoms with Gasteiger partial charge >= 0.3 is 0 Å². The summed E-state index contributed by atoms with van der Waals surface area (Å²) in [6.07, 6.45) is -0.553. The highest BCUT2D eigenvalue weighted by molar-refractivity contribution is 5.64. The molecule has 0 aliphatic carbocycles. The summed E-state index contributed by atoms with van der Waals surface area (Å²) in [6, 6.07) is 1.42. The molecule has 0 aliphatic heterocycles. The highest BCUT2D eigenvalue weighted by Gasteiger charge is 2.17. The number of nitrogen functional groups attached to an aromatic ring is 1. The van der Waals surface area contributed by atoms with E-state index in [4.69, 9.17) is 10.8 Å². The fraction of sp³-hybridized carbons (Fsp3) is 0.375. The van der Waals surface area contributed by atoms with Crippen molar-refractivity contribution in [3.63, 3.8) is 0 Å². The summed E-state index contributed by atoms with van der Waals surface area (Å²) in [5.74, 6) is 0.616. The van der Waals surface area contributed by atoms with Crippen molar-refractivity contribution in [2.75, 3.05) is 29.5 Å². The molecule has 10 heteroatoms. The van der Waals surface area contributed by atoms with Gasteiger partial charge in [0.25, 0.3) is 0 Å². The van der Waals surface area contributed by atoms with E-state index in [1.54, 1.807) is 6.92 Å². The Balaban J connectivity index is 2.51. The number of rotatable bonds is 8. The normalized spacial score (nSPS) is 13.1. The van der Waals surface area contributed by atoms with Crippen LogP contribution in [0.4, 0.5) is 22.1 Å². The first-order chi connectivity index (χ1) is 12.3. The van der Waals surface area contributed by atoms with Gasteiger partial charge in [-0.1, -0.05) is 6.58 Å². The van der Waals surface area contributed by atoms with Gasteiger partial charge in [-0.15, -0.1) is 0 Å². The van der Waals surface area contributed by atoms with Crippen LogP contribution in [0.15, 0.2) is 24.5 Å². The van der Waals surface area contributed by atoms with Gasteiger partial charge in [-0.25, -0.2) is 9.37 Å². The second-order valence-corrected chi connectivity index (χ2v) is 5.74. The molecule has 0 aromatic carbocycles. The molecule has 6 N–H and O–H groups in total. The van der Waals surface area contributed by atoms with Gasteiger partial charge in [0.05, 0.1) is 12.7 Å². The third kappa shape index (κ3) is 5.07. The summed E-state index contributed by atoms with van der Waals surface area (Å²) in [6.45, 7) is 6.49. The van der Waals surface area contributed by atoms with E-state index in [9.17, 15) is 9.50 Å². The van der Waals surface area contributed by atoms with Crippen molar-refractivity contribution in [2.24, 2.45) is 0 Å². The molecule has 0 saturated carbocycles. The minimum atomic E-state index is -1.32. The van der Waals surface area contributed by atoms with Crippen LogP contribution in [-0.2, 0) is 0 Å². The largest absolute Gasteiger partial charge is 0.392 e. The van der Waals surface area contributed by atoms with Crippen molar-refractivity contribution in [1.82, 2.24) is 19.9 Å². The molecule has 0 spiro atoms. The number of halogens is 1. The number of aromatic nitrogens is 4. The average molecular weight is 363 g/mol. The minimum absolute atomic E-state index is 0.108. The highest BCUT2D eigenvalue weighted by atomic mass is 19.1. The smallest absolute Gasteiger partial charge is 0.232 e. The summed E-state index contributed by atoms with van der Waals surface area (Å²) >= 11 is 0. The molecule has 26 heavy (non-hydrogen) atoms. The van der Waals surface area contributed by atoms with Crippen molar-refractivity contribution in [1.29, 1.82) is 0 Å². The molecule has 2 rings (SSSR count). The van der Waals surface area contributed by atoms with Gasteiger partial charge in [-0.3, -0.25) is 0 Å². The van der Waals surface area contributed by atoms with E-state index in [2.05, 4.69) is 37.1 Å². The topological polar surface area (TPSA) is 142 Å². The predicted octanol–water partition coefficient (Wildman–Crippen LogP) is 1.26. The Bertz CT molecular complexity index is 783. The quantitative estimate of drug-likeness (QED) is 0.468. The predicted molar refractivity (Wildman–Crippen MR) is 97.0 cm³/mol. The number of aliphatic hydroxyl groups excluding tert-OH is 2. The van der Waals surface area contributed by atoms with E-state index < -0.39 is 12.3 Å². The zero-order valence-corrected chi connectivity index (χ0v) is 14.6. The van der Waals surface area contributed by atoms with Gasteiger partial charge in [0.15, 0.2) is 5.82 Å². The SMILES string of the molecule is C=C(CO)Nc1nc(NC[C@H](C)O)nc(-c2cnc(N)cc2C(C)F)n1. The average Bonchev–Trinajstić information content (AvgIpc) is 2.59. The van der Waals surface area contributed by atoms with Crippen molar-refractivity contribution in [2.45, 2.75) is 26.1 Å². The Morgan fingerprint density at radius 3 is 2.62 bits per heavy atom. The monoisotopic (exact) mass is 363 g/mol. The van der Waals surface area contributed by atoms with Crippen LogP contribution in [0.3, 0.4) is 0 Å². The molecule has 1 unspecified atom stereocenters. The number of hydrogen-bond acceptors (Lipinski definition) is 9. The second kappa shape index (κ2) is 8.50. The maximum absolute atomic E-state index is 14.0. The highest BCUT2D eigenvalue weighted by Crippen LogP contribution is 2.29. The molecule has 2 atom stereocenters. The van der Waals surface area contributed by atoms with Crippen LogP contribution in [0.1, 0.15) is 25.6 Å². The number of alkyl halides is 1. The lowest BCUT2D eigenvalue weighted by Gasteiger charge is -2.14. The van der Waals surface area contributed by atoms with E-state index in [0.717, 1.165) is 0 Å². The zero-order chi connectivity index (χ0) is 19.3. The molecular formula is C16H22FN7O2.